The summed E-state index contributed by atoms with van der Waals surface area (Å²) >= 11 is 0. The molecule has 1 aliphatic heterocycles. The Hall–Kier alpha value is -3.76. The molecule has 10 nitrogen and oxygen atoms in total. The number of nitrogens with one attached hydrogen (secondary N) is 3. The zero-order chi connectivity index (χ0) is 24.3. The average Bonchev–Trinajstić information content (AvgIpc) is 3.65. The highest BCUT2D eigenvalue weighted by Gasteiger charge is 2.24. The first-order chi connectivity index (χ1) is 17.7. The quantitative estimate of drug-likeness (QED) is 0.328. The molecule has 0 unspecified atom stereocenters. The van der Waals surface area contributed by atoms with Crippen molar-refractivity contribution < 1.29 is 9.47 Å². The number of ether oxygens (including phenoxy) is 2. The van der Waals surface area contributed by atoms with Crippen LogP contribution in [-0.4, -0.2) is 69.7 Å². The Bertz CT molecular complexity index is 1350. The number of pyridine rings is 1. The van der Waals surface area contributed by atoms with Crippen LogP contribution in [0.3, 0.4) is 0 Å². The molecule has 186 valence electrons. The average molecular weight is 487 g/mol. The molecule has 0 radical (unpaired) electrons. The summed E-state index contributed by atoms with van der Waals surface area (Å²) in [5, 5.41) is 6.71. The van der Waals surface area contributed by atoms with Crippen molar-refractivity contribution >= 4 is 22.8 Å². The van der Waals surface area contributed by atoms with E-state index in [2.05, 4.69) is 47.6 Å². The molecule has 3 N–H and O–H groups in total. The molecule has 2 fully saturated rings. The van der Waals surface area contributed by atoms with Crippen LogP contribution in [0.2, 0.25) is 0 Å². The number of hydrogen-bond donors (Lipinski definition) is 3. The molecule has 0 amide bonds. The van der Waals surface area contributed by atoms with Crippen molar-refractivity contribution in [3.8, 4) is 22.9 Å². The van der Waals surface area contributed by atoms with Gasteiger partial charge >= 0.3 is 0 Å². The molecule has 1 aromatic carbocycles. The predicted molar refractivity (Wildman–Crippen MR) is 138 cm³/mol. The standard InChI is InChI=1S/C26H30N8O2/c1-35-24-23(29-16-30-25(24)36-15-17-2-3-17)19-4-5-20-21(13-19)32-26(31-20)33-22-12-18(6-7-28-22)14-34-10-8-27-9-11-34/h4-7,12-13,16-17,27H,2-3,8-11,14-15H2,1H3,(H2,28,31,32,33). The number of anilines is 2. The molecule has 1 saturated carbocycles. The van der Waals surface area contributed by atoms with Gasteiger partial charge in [-0.3, -0.25) is 4.90 Å². The highest BCUT2D eigenvalue weighted by atomic mass is 16.5. The minimum absolute atomic E-state index is 0.480. The van der Waals surface area contributed by atoms with E-state index >= 15 is 0 Å². The van der Waals surface area contributed by atoms with Crippen molar-refractivity contribution in [3.63, 3.8) is 0 Å². The lowest BCUT2D eigenvalue weighted by molar-refractivity contribution is 0.233. The molecular weight excluding hydrogens is 456 g/mol. The fraction of sp³-hybridized carbons (Fsp3) is 0.385. The maximum absolute atomic E-state index is 5.91. The zero-order valence-corrected chi connectivity index (χ0v) is 20.3. The van der Waals surface area contributed by atoms with Gasteiger partial charge in [0.25, 0.3) is 5.88 Å². The Kier molecular flexibility index (Phi) is 6.35. The van der Waals surface area contributed by atoms with Crippen molar-refractivity contribution in [3.05, 3.63) is 48.4 Å². The molecule has 0 spiro atoms. The van der Waals surface area contributed by atoms with E-state index in [1.54, 1.807) is 7.11 Å². The van der Waals surface area contributed by atoms with E-state index in [0.717, 1.165) is 55.1 Å². The highest BCUT2D eigenvalue weighted by Crippen LogP contribution is 2.37. The molecule has 6 rings (SSSR count). The number of aromatic nitrogens is 5. The number of imidazole rings is 1. The van der Waals surface area contributed by atoms with Gasteiger partial charge in [0.05, 0.1) is 24.8 Å². The largest absolute Gasteiger partial charge is 0.490 e. The summed E-state index contributed by atoms with van der Waals surface area (Å²) in [6, 6.07) is 10.1. The van der Waals surface area contributed by atoms with E-state index in [9.17, 15) is 0 Å². The number of hydrogen-bond acceptors (Lipinski definition) is 9. The van der Waals surface area contributed by atoms with Crippen molar-refractivity contribution in [1.82, 2.24) is 35.1 Å². The zero-order valence-electron chi connectivity index (χ0n) is 20.3. The number of fused-ring (bicyclic) bond motifs is 1. The molecule has 36 heavy (non-hydrogen) atoms. The van der Waals surface area contributed by atoms with Gasteiger partial charge in [-0.25, -0.2) is 15.0 Å². The number of nitrogens with zero attached hydrogens (tertiary/aromatic N) is 5. The summed E-state index contributed by atoms with van der Waals surface area (Å²) in [4.78, 5) is 23.7. The summed E-state index contributed by atoms with van der Waals surface area (Å²) in [7, 11) is 1.62. The smallest absolute Gasteiger partial charge is 0.260 e. The lowest BCUT2D eigenvalue weighted by Gasteiger charge is -2.27. The Morgan fingerprint density at radius 1 is 1.08 bits per heavy atom. The summed E-state index contributed by atoms with van der Waals surface area (Å²) in [5.74, 6) is 3.04. The summed E-state index contributed by atoms with van der Waals surface area (Å²) in [6.45, 7) is 5.76. The lowest BCUT2D eigenvalue weighted by atomic mass is 10.1. The Balaban J connectivity index is 1.21. The van der Waals surface area contributed by atoms with Gasteiger partial charge in [-0.1, -0.05) is 6.07 Å². The monoisotopic (exact) mass is 486 g/mol. The van der Waals surface area contributed by atoms with Gasteiger partial charge < -0.3 is 25.1 Å². The summed E-state index contributed by atoms with van der Waals surface area (Å²) < 4.78 is 11.6. The van der Waals surface area contributed by atoms with Crippen LogP contribution in [-0.2, 0) is 6.54 Å². The van der Waals surface area contributed by atoms with Crippen LogP contribution in [0.5, 0.6) is 11.6 Å². The number of rotatable bonds is 9. The maximum Gasteiger partial charge on any atom is 0.260 e. The number of methoxy groups -OCH3 is 1. The van der Waals surface area contributed by atoms with Crippen LogP contribution in [0.15, 0.2) is 42.9 Å². The number of benzene rings is 1. The summed E-state index contributed by atoms with van der Waals surface area (Å²) in [5.41, 5.74) is 4.53. The van der Waals surface area contributed by atoms with E-state index in [0.29, 0.717) is 35.8 Å². The fourth-order valence-corrected chi connectivity index (χ4v) is 4.44. The van der Waals surface area contributed by atoms with Crippen molar-refractivity contribution in [2.75, 3.05) is 45.2 Å². The van der Waals surface area contributed by atoms with E-state index in [1.807, 2.05) is 24.4 Å². The summed E-state index contributed by atoms with van der Waals surface area (Å²) in [6.07, 6.45) is 5.78. The van der Waals surface area contributed by atoms with E-state index in [-0.39, 0.29) is 0 Å². The molecule has 1 saturated heterocycles. The Morgan fingerprint density at radius 3 is 2.81 bits per heavy atom. The molecule has 1 aliphatic carbocycles. The van der Waals surface area contributed by atoms with Crippen molar-refractivity contribution in [1.29, 1.82) is 0 Å². The van der Waals surface area contributed by atoms with Gasteiger partial charge in [0.1, 0.15) is 17.8 Å². The molecule has 0 atom stereocenters. The van der Waals surface area contributed by atoms with E-state index < -0.39 is 0 Å². The van der Waals surface area contributed by atoms with E-state index in [1.165, 1.54) is 24.7 Å². The van der Waals surface area contributed by atoms with Crippen LogP contribution in [0.25, 0.3) is 22.3 Å². The Morgan fingerprint density at radius 2 is 1.97 bits per heavy atom. The second-order valence-corrected chi connectivity index (χ2v) is 9.33. The SMILES string of the molecule is COc1c(OCC2CC2)ncnc1-c1ccc2nc(Nc3cc(CN4CCNCC4)ccn3)[nH]c2c1. The molecule has 0 bridgehead atoms. The molecule has 2 aliphatic rings. The predicted octanol–water partition coefficient (Wildman–Crippen LogP) is 3.36. The van der Waals surface area contributed by atoms with E-state index in [4.69, 9.17) is 14.5 Å². The first-order valence-electron chi connectivity index (χ1n) is 12.4. The van der Waals surface area contributed by atoms with Gasteiger partial charge in [-0.15, -0.1) is 0 Å². The second-order valence-electron chi connectivity index (χ2n) is 9.33. The third kappa shape index (κ3) is 5.09. The molecular formula is C26H30N8O2. The number of aromatic amines is 1. The molecule has 4 aromatic rings. The van der Waals surface area contributed by atoms with Crippen LogP contribution in [0, 0.1) is 5.92 Å². The highest BCUT2D eigenvalue weighted by molar-refractivity contribution is 5.84. The normalized spacial score (nSPS) is 16.2. The van der Waals surface area contributed by atoms with Gasteiger partial charge in [-0.05, 0) is 48.6 Å². The van der Waals surface area contributed by atoms with Crippen LogP contribution in [0.4, 0.5) is 11.8 Å². The van der Waals surface area contributed by atoms with Crippen LogP contribution < -0.4 is 20.1 Å². The topological polar surface area (TPSA) is 113 Å². The maximum atomic E-state index is 5.91. The third-order valence-electron chi connectivity index (χ3n) is 6.57. The minimum Gasteiger partial charge on any atom is -0.490 e. The first kappa shape index (κ1) is 22.7. The van der Waals surface area contributed by atoms with Crippen molar-refractivity contribution in [2.45, 2.75) is 19.4 Å². The fourth-order valence-electron chi connectivity index (χ4n) is 4.44. The lowest BCUT2D eigenvalue weighted by Crippen LogP contribution is -2.42. The first-order valence-corrected chi connectivity index (χ1v) is 12.4. The Labute approximate surface area is 209 Å². The number of piperazine rings is 1. The van der Waals surface area contributed by atoms with Crippen LogP contribution in [0.1, 0.15) is 18.4 Å². The molecule has 4 heterocycles. The van der Waals surface area contributed by atoms with Gasteiger partial charge in [-0.2, -0.15) is 4.98 Å². The minimum atomic E-state index is 0.480. The second kappa shape index (κ2) is 10.1. The van der Waals surface area contributed by atoms with Gasteiger partial charge in [0.2, 0.25) is 11.7 Å². The van der Waals surface area contributed by atoms with Crippen LogP contribution >= 0.6 is 0 Å². The molecule has 3 aromatic heterocycles. The van der Waals surface area contributed by atoms with Gasteiger partial charge in [0, 0.05) is 44.5 Å². The van der Waals surface area contributed by atoms with Crippen molar-refractivity contribution in [2.24, 2.45) is 5.92 Å². The number of H-pyrrole nitrogens is 1. The molecule has 10 heteroatoms. The third-order valence-corrected chi connectivity index (χ3v) is 6.57. The van der Waals surface area contributed by atoms with Gasteiger partial charge in [0.15, 0.2) is 0 Å².